The average Bonchev–Trinajstić information content (AvgIpc) is 2.75. The molecule has 0 aromatic heterocycles. The van der Waals surface area contributed by atoms with E-state index in [1.807, 2.05) is 37.3 Å². The molecule has 2 amide bonds. The van der Waals surface area contributed by atoms with E-state index >= 15 is 0 Å². The van der Waals surface area contributed by atoms with Gasteiger partial charge in [0.1, 0.15) is 0 Å². The van der Waals surface area contributed by atoms with Crippen molar-refractivity contribution in [1.29, 1.82) is 0 Å². The van der Waals surface area contributed by atoms with Crippen LogP contribution in [0.25, 0.3) is 0 Å². The molecule has 1 heterocycles. The number of hydrogen-bond donors (Lipinski definition) is 2. The van der Waals surface area contributed by atoms with Crippen molar-refractivity contribution in [3.05, 3.63) is 54.1 Å². The van der Waals surface area contributed by atoms with Crippen LogP contribution in [0.5, 0.6) is 0 Å². The van der Waals surface area contributed by atoms with Crippen LogP contribution in [-0.4, -0.2) is 37.8 Å². The first-order valence-corrected chi connectivity index (χ1v) is 12.6. The maximum absolute atomic E-state index is 12.6. The maximum Gasteiger partial charge on any atom is 0.237 e. The van der Waals surface area contributed by atoms with E-state index in [2.05, 4.69) is 10.6 Å². The first-order chi connectivity index (χ1) is 14.4. The second kappa shape index (κ2) is 10.1. The van der Waals surface area contributed by atoms with Gasteiger partial charge in [-0.3, -0.25) is 9.59 Å². The third-order valence-corrected chi connectivity index (χ3v) is 8.06. The Morgan fingerprint density at radius 1 is 1.17 bits per heavy atom. The Hall–Kier alpha value is -2.32. The first kappa shape index (κ1) is 22.4. The summed E-state index contributed by atoms with van der Waals surface area (Å²) in [5.41, 5.74) is 1.72. The molecule has 2 aromatic carbocycles. The Bertz CT molecular complexity index is 1010. The monoisotopic (exact) mass is 446 g/mol. The minimum atomic E-state index is -3.62. The van der Waals surface area contributed by atoms with E-state index in [0.29, 0.717) is 18.7 Å². The van der Waals surface area contributed by atoms with E-state index in [1.165, 1.54) is 23.4 Å². The van der Waals surface area contributed by atoms with Crippen LogP contribution in [0.3, 0.4) is 0 Å². The van der Waals surface area contributed by atoms with Crippen LogP contribution in [0.2, 0.25) is 0 Å². The van der Waals surface area contributed by atoms with Gasteiger partial charge in [0.05, 0.1) is 21.6 Å². The second-order valence-electron chi connectivity index (χ2n) is 7.17. The number of anilines is 1. The minimum Gasteiger partial charge on any atom is -0.356 e. The van der Waals surface area contributed by atoms with E-state index in [9.17, 15) is 18.0 Å². The molecule has 160 valence electrons. The number of amides is 2. The zero-order valence-electron chi connectivity index (χ0n) is 16.9. The molecule has 0 saturated carbocycles. The summed E-state index contributed by atoms with van der Waals surface area (Å²) >= 11 is 1.44. The average molecular weight is 447 g/mol. The molecule has 0 radical (unpaired) electrons. The lowest BCUT2D eigenvalue weighted by Crippen LogP contribution is -2.28. The lowest BCUT2D eigenvalue weighted by Gasteiger charge is -2.23. The molecule has 6 nitrogen and oxygen atoms in total. The number of benzene rings is 2. The van der Waals surface area contributed by atoms with Gasteiger partial charge >= 0.3 is 0 Å². The van der Waals surface area contributed by atoms with Gasteiger partial charge in [-0.2, -0.15) is 0 Å². The number of rotatable bonds is 9. The van der Waals surface area contributed by atoms with Crippen molar-refractivity contribution in [2.45, 2.75) is 47.6 Å². The third-order valence-electron chi connectivity index (χ3n) is 4.91. The number of nitrogens with one attached hydrogen (secondary N) is 2. The van der Waals surface area contributed by atoms with Crippen molar-refractivity contribution in [2.24, 2.45) is 0 Å². The molecule has 2 aromatic rings. The highest BCUT2D eigenvalue weighted by Gasteiger charge is 2.27. The van der Waals surface area contributed by atoms with Gasteiger partial charge < -0.3 is 10.6 Å². The van der Waals surface area contributed by atoms with Gasteiger partial charge in [-0.25, -0.2) is 8.42 Å². The summed E-state index contributed by atoms with van der Waals surface area (Å²) < 4.78 is 25.3. The second-order valence-corrected chi connectivity index (χ2v) is 10.5. The van der Waals surface area contributed by atoms with Crippen LogP contribution < -0.4 is 10.6 Å². The summed E-state index contributed by atoms with van der Waals surface area (Å²) in [6.45, 7) is 2.45. The van der Waals surface area contributed by atoms with Crippen LogP contribution in [0, 0.1) is 0 Å². The number of thioether (sulfide) groups is 1. The number of aryl methyl sites for hydroxylation is 1. The predicted molar refractivity (Wildman–Crippen MR) is 119 cm³/mol. The van der Waals surface area contributed by atoms with Crippen LogP contribution in [0.4, 0.5) is 5.69 Å². The first-order valence-electron chi connectivity index (χ1n) is 10.0. The van der Waals surface area contributed by atoms with Gasteiger partial charge in [0, 0.05) is 17.9 Å². The largest absolute Gasteiger partial charge is 0.356 e. The van der Waals surface area contributed by atoms with E-state index < -0.39 is 9.84 Å². The Labute approximate surface area is 181 Å². The lowest BCUT2D eigenvalue weighted by molar-refractivity contribution is -0.120. The maximum atomic E-state index is 12.6. The van der Waals surface area contributed by atoms with Crippen LogP contribution in [-0.2, 0) is 25.8 Å². The summed E-state index contributed by atoms with van der Waals surface area (Å²) in [6, 6.07) is 14.7. The van der Waals surface area contributed by atoms with Crippen LogP contribution in [0.15, 0.2) is 58.3 Å². The van der Waals surface area contributed by atoms with E-state index in [0.717, 1.165) is 17.7 Å². The molecule has 0 saturated heterocycles. The minimum absolute atomic E-state index is 0.0935. The summed E-state index contributed by atoms with van der Waals surface area (Å²) in [6.07, 6.45) is 2.26. The fourth-order valence-electron chi connectivity index (χ4n) is 3.19. The highest BCUT2D eigenvalue weighted by atomic mass is 32.2. The summed E-state index contributed by atoms with van der Waals surface area (Å²) in [5, 5.41) is 5.40. The SMILES string of the molecule is CC[C@H]1Sc2ccc(S(=O)(=O)CCC(=O)NCCCc3ccccc3)cc2NC1=O. The predicted octanol–water partition coefficient (Wildman–Crippen LogP) is 3.42. The number of fused-ring (bicyclic) bond motifs is 1. The van der Waals surface area contributed by atoms with Gasteiger partial charge in [-0.15, -0.1) is 11.8 Å². The van der Waals surface area contributed by atoms with Gasteiger partial charge in [0.25, 0.3) is 0 Å². The topological polar surface area (TPSA) is 92.3 Å². The number of carbonyl (C=O) groups excluding carboxylic acids is 2. The Morgan fingerprint density at radius 2 is 1.93 bits per heavy atom. The molecular weight excluding hydrogens is 420 g/mol. The fourth-order valence-corrected chi connectivity index (χ4v) is 5.48. The summed E-state index contributed by atoms with van der Waals surface area (Å²) in [7, 11) is -3.62. The zero-order chi connectivity index (χ0) is 21.6. The molecule has 2 N–H and O–H groups in total. The van der Waals surface area contributed by atoms with E-state index in [1.54, 1.807) is 12.1 Å². The van der Waals surface area contributed by atoms with E-state index in [-0.39, 0.29) is 34.1 Å². The Kier molecular flexibility index (Phi) is 7.55. The molecule has 0 spiro atoms. The third kappa shape index (κ3) is 5.86. The van der Waals surface area contributed by atoms with Gasteiger partial charge in [0.2, 0.25) is 11.8 Å². The highest BCUT2D eigenvalue weighted by Crippen LogP contribution is 2.38. The van der Waals surface area contributed by atoms with Crippen LogP contribution in [0.1, 0.15) is 31.7 Å². The highest BCUT2D eigenvalue weighted by molar-refractivity contribution is 8.01. The fraction of sp³-hybridized carbons (Fsp3) is 0.364. The van der Waals surface area contributed by atoms with Crippen molar-refractivity contribution >= 4 is 39.1 Å². The Balaban J connectivity index is 1.49. The van der Waals surface area contributed by atoms with Crippen molar-refractivity contribution in [3.63, 3.8) is 0 Å². The molecule has 3 rings (SSSR count). The standard InChI is InChI=1S/C22H26N2O4S2/c1-2-19-22(26)24-18-15-17(10-11-20(18)29-19)30(27,28)14-12-21(25)23-13-6-9-16-7-4-3-5-8-16/h3-5,7-8,10-11,15,19H,2,6,9,12-14H2,1H3,(H,23,25)(H,24,26)/t19-/m1/s1. The van der Waals surface area contributed by atoms with E-state index in [4.69, 9.17) is 0 Å². The van der Waals surface area contributed by atoms with Gasteiger partial charge in [0.15, 0.2) is 9.84 Å². The van der Waals surface area contributed by atoms with Crippen molar-refractivity contribution in [1.82, 2.24) is 5.32 Å². The smallest absolute Gasteiger partial charge is 0.237 e. The molecule has 1 atom stereocenters. The number of carbonyl (C=O) groups is 2. The Morgan fingerprint density at radius 3 is 2.67 bits per heavy atom. The summed E-state index contributed by atoms with van der Waals surface area (Å²) in [5.74, 6) is -0.659. The molecular formula is C22H26N2O4S2. The quantitative estimate of drug-likeness (QED) is 0.576. The molecule has 0 bridgehead atoms. The van der Waals surface area contributed by atoms with Crippen molar-refractivity contribution in [3.8, 4) is 0 Å². The molecule has 0 unspecified atom stereocenters. The van der Waals surface area contributed by atoms with Crippen molar-refractivity contribution in [2.75, 3.05) is 17.6 Å². The molecule has 30 heavy (non-hydrogen) atoms. The normalized spacial score (nSPS) is 15.9. The molecule has 1 aliphatic rings. The molecule has 0 fully saturated rings. The molecule has 1 aliphatic heterocycles. The lowest BCUT2D eigenvalue weighted by atomic mass is 10.1. The van der Waals surface area contributed by atoms with Gasteiger partial charge in [-0.1, -0.05) is 37.3 Å². The van der Waals surface area contributed by atoms with Crippen LogP contribution >= 0.6 is 11.8 Å². The zero-order valence-corrected chi connectivity index (χ0v) is 18.5. The van der Waals surface area contributed by atoms with Gasteiger partial charge in [-0.05, 0) is 43.0 Å². The molecule has 0 aliphatic carbocycles. The number of hydrogen-bond acceptors (Lipinski definition) is 5. The molecule has 8 heteroatoms. The van der Waals surface area contributed by atoms with Crippen molar-refractivity contribution < 1.29 is 18.0 Å². The number of sulfone groups is 1. The summed E-state index contributed by atoms with van der Waals surface area (Å²) in [4.78, 5) is 25.1.